The highest BCUT2D eigenvalue weighted by Gasteiger charge is 2.18. The number of carbonyl (C=O) groups excluding carboxylic acids is 2. The third-order valence-electron chi connectivity index (χ3n) is 5.84. The van der Waals surface area contributed by atoms with Crippen molar-refractivity contribution in [3.63, 3.8) is 0 Å². The number of rotatable bonds is 6. The van der Waals surface area contributed by atoms with Crippen LogP contribution in [0.25, 0.3) is 10.9 Å². The summed E-state index contributed by atoms with van der Waals surface area (Å²) in [5.41, 5.74) is 4.51. The number of carbonyl (C=O) groups is 2. The molecular weight excluding hydrogens is 412 g/mol. The number of amides is 1. The number of nitrogens with zero attached hydrogens (tertiary/aromatic N) is 1. The molecule has 0 aliphatic carbocycles. The van der Waals surface area contributed by atoms with Crippen LogP contribution in [-0.4, -0.2) is 16.3 Å². The van der Waals surface area contributed by atoms with Crippen molar-refractivity contribution in [1.29, 1.82) is 0 Å². The first-order chi connectivity index (χ1) is 15.9. The van der Waals surface area contributed by atoms with E-state index >= 15 is 0 Å². The van der Waals surface area contributed by atoms with Gasteiger partial charge >= 0.3 is 0 Å². The summed E-state index contributed by atoms with van der Waals surface area (Å²) in [7, 11) is 0. The Balaban J connectivity index is 1.76. The SMILES string of the molecule is CCc1ccc(C(=O)c2cn(CC(=O)Nc3ccccc3C)c3ccc(C)cc3c2=O)cc1. The van der Waals surface area contributed by atoms with Gasteiger partial charge in [0.05, 0.1) is 11.1 Å². The van der Waals surface area contributed by atoms with E-state index in [0.717, 1.165) is 28.8 Å². The average Bonchev–Trinajstić information content (AvgIpc) is 2.82. The number of benzene rings is 3. The van der Waals surface area contributed by atoms with E-state index in [4.69, 9.17) is 0 Å². The smallest absolute Gasteiger partial charge is 0.244 e. The highest BCUT2D eigenvalue weighted by atomic mass is 16.2. The maximum atomic E-state index is 13.3. The summed E-state index contributed by atoms with van der Waals surface area (Å²) in [4.78, 5) is 39.4. The molecule has 33 heavy (non-hydrogen) atoms. The molecule has 1 aromatic heterocycles. The Morgan fingerprint density at radius 2 is 1.67 bits per heavy atom. The molecule has 0 bridgehead atoms. The van der Waals surface area contributed by atoms with Crippen molar-refractivity contribution in [3.05, 3.63) is 111 Å². The minimum absolute atomic E-state index is 0.0246. The number of para-hydroxylation sites is 1. The second kappa shape index (κ2) is 9.25. The Kier molecular flexibility index (Phi) is 6.22. The quantitative estimate of drug-likeness (QED) is 0.428. The number of hydrogen-bond acceptors (Lipinski definition) is 3. The molecule has 5 nitrogen and oxygen atoms in total. The Bertz CT molecular complexity index is 1420. The highest BCUT2D eigenvalue weighted by molar-refractivity contribution is 6.10. The number of anilines is 1. The first-order valence-electron chi connectivity index (χ1n) is 11.0. The molecule has 4 aromatic rings. The largest absolute Gasteiger partial charge is 0.337 e. The topological polar surface area (TPSA) is 68.2 Å². The normalized spacial score (nSPS) is 10.9. The zero-order valence-electron chi connectivity index (χ0n) is 19.0. The van der Waals surface area contributed by atoms with Gasteiger partial charge in [0.1, 0.15) is 6.54 Å². The third kappa shape index (κ3) is 4.62. The van der Waals surface area contributed by atoms with Crippen LogP contribution in [0.3, 0.4) is 0 Å². The zero-order valence-corrected chi connectivity index (χ0v) is 19.0. The van der Waals surface area contributed by atoms with Crippen molar-refractivity contribution < 1.29 is 9.59 Å². The van der Waals surface area contributed by atoms with Gasteiger partial charge in [0, 0.05) is 22.8 Å². The molecule has 1 heterocycles. The first-order valence-corrected chi connectivity index (χ1v) is 11.0. The summed E-state index contributed by atoms with van der Waals surface area (Å²) >= 11 is 0. The summed E-state index contributed by atoms with van der Waals surface area (Å²) in [6.07, 6.45) is 2.38. The number of ketones is 1. The molecule has 0 radical (unpaired) electrons. The van der Waals surface area contributed by atoms with E-state index in [1.54, 1.807) is 22.8 Å². The van der Waals surface area contributed by atoms with E-state index in [1.807, 2.05) is 69.3 Å². The van der Waals surface area contributed by atoms with Gasteiger partial charge in [-0.3, -0.25) is 14.4 Å². The molecule has 0 saturated heterocycles. The van der Waals surface area contributed by atoms with E-state index in [1.165, 1.54) is 6.20 Å². The van der Waals surface area contributed by atoms with Crippen molar-refractivity contribution in [1.82, 2.24) is 4.57 Å². The van der Waals surface area contributed by atoms with E-state index in [2.05, 4.69) is 5.32 Å². The molecule has 0 atom stereocenters. The second-order valence-corrected chi connectivity index (χ2v) is 8.26. The van der Waals surface area contributed by atoms with E-state index < -0.39 is 0 Å². The number of pyridine rings is 1. The molecule has 0 saturated carbocycles. The van der Waals surface area contributed by atoms with Gasteiger partial charge in [0.15, 0.2) is 5.78 Å². The fraction of sp³-hybridized carbons (Fsp3) is 0.179. The van der Waals surface area contributed by atoms with Gasteiger partial charge in [-0.05, 0) is 49.6 Å². The van der Waals surface area contributed by atoms with Gasteiger partial charge in [0.25, 0.3) is 0 Å². The van der Waals surface area contributed by atoms with Crippen molar-refractivity contribution >= 4 is 28.3 Å². The maximum absolute atomic E-state index is 13.3. The summed E-state index contributed by atoms with van der Waals surface area (Å²) in [5.74, 6) is -0.584. The van der Waals surface area contributed by atoms with E-state index in [0.29, 0.717) is 16.5 Å². The van der Waals surface area contributed by atoms with Crippen molar-refractivity contribution in [2.24, 2.45) is 0 Å². The Labute approximate surface area is 192 Å². The number of aryl methyl sites for hydroxylation is 3. The van der Waals surface area contributed by atoms with Crippen LogP contribution in [0.2, 0.25) is 0 Å². The number of fused-ring (bicyclic) bond motifs is 1. The van der Waals surface area contributed by atoms with Crippen LogP contribution in [-0.2, 0) is 17.8 Å². The molecule has 5 heteroatoms. The molecule has 0 aliphatic heterocycles. The molecule has 0 aliphatic rings. The molecule has 1 amide bonds. The van der Waals surface area contributed by atoms with Gasteiger partial charge in [0.2, 0.25) is 11.3 Å². The molecular formula is C28H26N2O3. The average molecular weight is 439 g/mol. The van der Waals surface area contributed by atoms with E-state index in [9.17, 15) is 14.4 Å². The van der Waals surface area contributed by atoms with Gasteiger partial charge in [-0.15, -0.1) is 0 Å². The summed E-state index contributed by atoms with van der Waals surface area (Å²) in [6.45, 7) is 5.84. The van der Waals surface area contributed by atoms with Crippen LogP contribution in [0.4, 0.5) is 5.69 Å². The van der Waals surface area contributed by atoms with Gasteiger partial charge < -0.3 is 9.88 Å². The van der Waals surface area contributed by atoms with Crippen LogP contribution in [0.1, 0.15) is 39.5 Å². The fourth-order valence-electron chi connectivity index (χ4n) is 3.91. The van der Waals surface area contributed by atoms with Gasteiger partial charge in [-0.1, -0.05) is 61.0 Å². The lowest BCUT2D eigenvalue weighted by Crippen LogP contribution is -2.24. The first kappa shape index (κ1) is 22.2. The molecule has 4 rings (SSSR count). The van der Waals surface area contributed by atoms with Gasteiger partial charge in [-0.2, -0.15) is 0 Å². The molecule has 1 N–H and O–H groups in total. The molecule has 0 spiro atoms. The van der Waals surface area contributed by atoms with Crippen LogP contribution in [0, 0.1) is 13.8 Å². The van der Waals surface area contributed by atoms with Gasteiger partial charge in [-0.25, -0.2) is 0 Å². The lowest BCUT2D eigenvalue weighted by Gasteiger charge is -2.15. The predicted octanol–water partition coefficient (Wildman–Crippen LogP) is 5.05. The van der Waals surface area contributed by atoms with Crippen LogP contribution in [0.5, 0.6) is 0 Å². The molecule has 166 valence electrons. The van der Waals surface area contributed by atoms with Crippen LogP contribution < -0.4 is 10.7 Å². The molecule has 0 unspecified atom stereocenters. The zero-order chi connectivity index (χ0) is 23.5. The fourth-order valence-corrected chi connectivity index (χ4v) is 3.91. The summed E-state index contributed by atoms with van der Waals surface area (Å²) in [5, 5.41) is 3.35. The predicted molar refractivity (Wildman–Crippen MR) is 132 cm³/mol. The molecule has 0 fully saturated rings. The monoisotopic (exact) mass is 438 g/mol. The standard InChI is InChI=1S/C28H26N2O3/c1-4-20-10-12-21(13-11-20)27(32)23-16-30(25-14-9-18(2)15-22(25)28(23)33)17-26(31)29-24-8-6-5-7-19(24)3/h5-16H,4,17H2,1-3H3,(H,29,31). The maximum Gasteiger partial charge on any atom is 0.244 e. The Hall–Kier alpha value is -3.99. The summed E-state index contributed by atoms with van der Waals surface area (Å²) in [6, 6.07) is 20.3. The second-order valence-electron chi connectivity index (χ2n) is 8.26. The van der Waals surface area contributed by atoms with Crippen molar-refractivity contribution in [2.75, 3.05) is 5.32 Å². The highest BCUT2D eigenvalue weighted by Crippen LogP contribution is 2.18. The Morgan fingerprint density at radius 1 is 0.939 bits per heavy atom. The lowest BCUT2D eigenvalue weighted by atomic mass is 10.00. The minimum Gasteiger partial charge on any atom is -0.337 e. The summed E-state index contributed by atoms with van der Waals surface area (Å²) < 4.78 is 1.68. The lowest BCUT2D eigenvalue weighted by molar-refractivity contribution is -0.116. The molecule has 3 aromatic carbocycles. The van der Waals surface area contributed by atoms with E-state index in [-0.39, 0.29) is 29.2 Å². The van der Waals surface area contributed by atoms with Crippen LogP contribution in [0.15, 0.2) is 77.7 Å². The minimum atomic E-state index is -0.348. The third-order valence-corrected chi connectivity index (χ3v) is 5.84. The number of hydrogen-bond donors (Lipinski definition) is 1. The van der Waals surface area contributed by atoms with Crippen molar-refractivity contribution in [2.45, 2.75) is 33.7 Å². The van der Waals surface area contributed by atoms with Crippen LogP contribution >= 0.6 is 0 Å². The number of nitrogens with one attached hydrogen (secondary N) is 1. The number of aromatic nitrogens is 1. The Morgan fingerprint density at radius 3 is 2.36 bits per heavy atom. The van der Waals surface area contributed by atoms with Crippen molar-refractivity contribution in [3.8, 4) is 0 Å².